The number of amides is 1. The number of thioether (sulfide) groups is 1. The van der Waals surface area contributed by atoms with Gasteiger partial charge in [0.1, 0.15) is 21.7 Å². The Hall–Kier alpha value is -2.29. The van der Waals surface area contributed by atoms with Crippen LogP contribution >= 0.6 is 23.1 Å². The molecule has 1 amide bonds. The predicted molar refractivity (Wildman–Crippen MR) is 122 cm³/mol. The Morgan fingerprint density at radius 1 is 1.13 bits per heavy atom. The average molecular weight is 447 g/mol. The van der Waals surface area contributed by atoms with Crippen LogP contribution in [0.5, 0.6) is 11.5 Å². The van der Waals surface area contributed by atoms with E-state index in [4.69, 9.17) is 14.2 Å². The summed E-state index contributed by atoms with van der Waals surface area (Å²) in [5, 5.41) is 0.436. The molecule has 0 radical (unpaired) electrons. The van der Waals surface area contributed by atoms with Crippen LogP contribution in [-0.2, 0) is 11.3 Å². The molecule has 30 heavy (non-hydrogen) atoms. The fourth-order valence-corrected chi connectivity index (χ4v) is 5.12. The van der Waals surface area contributed by atoms with Gasteiger partial charge in [-0.1, -0.05) is 31.3 Å². The molecule has 2 aromatic carbocycles. The van der Waals surface area contributed by atoms with Crippen LogP contribution in [0.3, 0.4) is 0 Å². The van der Waals surface area contributed by atoms with Crippen LogP contribution in [0.4, 0.5) is 0 Å². The van der Waals surface area contributed by atoms with Crippen molar-refractivity contribution in [2.45, 2.75) is 30.5 Å². The summed E-state index contributed by atoms with van der Waals surface area (Å²) in [5.74, 6) is 1.13. The van der Waals surface area contributed by atoms with Gasteiger partial charge in [-0.3, -0.25) is 4.79 Å². The van der Waals surface area contributed by atoms with Crippen molar-refractivity contribution >= 4 is 39.2 Å². The zero-order chi connectivity index (χ0) is 21.7. The van der Waals surface area contributed by atoms with E-state index in [1.54, 1.807) is 39.2 Å². The summed E-state index contributed by atoms with van der Waals surface area (Å²) in [6, 6.07) is 11.3. The molecule has 3 rings (SSSR count). The van der Waals surface area contributed by atoms with E-state index in [1.165, 1.54) is 11.3 Å². The number of fused-ring (bicyclic) bond motifs is 1. The summed E-state index contributed by atoms with van der Waals surface area (Å²) < 4.78 is 19.2. The normalized spacial score (nSPS) is 12.0. The molecule has 0 aliphatic carbocycles. The maximum atomic E-state index is 13.0. The van der Waals surface area contributed by atoms with Gasteiger partial charge in [0.05, 0.1) is 20.8 Å². The van der Waals surface area contributed by atoms with E-state index in [-0.39, 0.29) is 5.91 Å². The minimum atomic E-state index is -0.281. The standard InChI is InChI=1S/C22H26N2O4S2/c1-14(2)29-16-8-6-7-15(13-16)21(25)23-22-24(11-12-26-3)19-17(27-4)9-10-18(28-5)20(19)30-22/h6-10,13-14H,11-12H2,1-5H3. The summed E-state index contributed by atoms with van der Waals surface area (Å²) in [5.41, 5.74) is 1.41. The highest BCUT2D eigenvalue weighted by atomic mass is 32.2. The third-order valence-electron chi connectivity index (χ3n) is 4.36. The number of hydrogen-bond acceptors (Lipinski definition) is 6. The van der Waals surface area contributed by atoms with Gasteiger partial charge in [0.25, 0.3) is 5.91 Å². The van der Waals surface area contributed by atoms with E-state index in [9.17, 15) is 4.79 Å². The minimum Gasteiger partial charge on any atom is -0.495 e. The molecule has 0 spiro atoms. The van der Waals surface area contributed by atoms with Crippen LogP contribution in [0.25, 0.3) is 10.2 Å². The predicted octanol–water partition coefficient (Wildman–Crippen LogP) is 4.61. The van der Waals surface area contributed by atoms with Crippen molar-refractivity contribution in [1.82, 2.24) is 4.57 Å². The summed E-state index contributed by atoms with van der Waals surface area (Å²) in [7, 11) is 4.90. The molecule has 1 heterocycles. The second kappa shape index (κ2) is 10.1. The molecule has 8 heteroatoms. The SMILES string of the molecule is COCCn1c(=NC(=O)c2cccc(SC(C)C)c2)sc2c(OC)ccc(OC)c21. The molecule has 0 fully saturated rings. The van der Waals surface area contributed by atoms with Crippen molar-refractivity contribution in [3.63, 3.8) is 0 Å². The number of ether oxygens (including phenoxy) is 3. The lowest BCUT2D eigenvalue weighted by Crippen LogP contribution is -2.19. The molecule has 0 aliphatic heterocycles. The van der Waals surface area contributed by atoms with Crippen molar-refractivity contribution in [1.29, 1.82) is 0 Å². The number of aromatic nitrogens is 1. The first kappa shape index (κ1) is 22.4. The van der Waals surface area contributed by atoms with Gasteiger partial charge in [0, 0.05) is 29.4 Å². The number of benzene rings is 2. The summed E-state index contributed by atoms with van der Waals surface area (Å²) in [6.45, 7) is 5.27. The van der Waals surface area contributed by atoms with Crippen LogP contribution in [0.2, 0.25) is 0 Å². The van der Waals surface area contributed by atoms with E-state index in [1.807, 2.05) is 34.9 Å². The van der Waals surface area contributed by atoms with Gasteiger partial charge >= 0.3 is 0 Å². The van der Waals surface area contributed by atoms with Gasteiger partial charge in [-0.15, -0.1) is 11.8 Å². The summed E-state index contributed by atoms with van der Waals surface area (Å²) in [4.78, 5) is 19.1. The molecular formula is C22H26N2O4S2. The monoisotopic (exact) mass is 446 g/mol. The van der Waals surface area contributed by atoms with E-state index in [2.05, 4.69) is 18.8 Å². The smallest absolute Gasteiger partial charge is 0.279 e. The van der Waals surface area contributed by atoms with Gasteiger partial charge in [0.2, 0.25) is 0 Å². The van der Waals surface area contributed by atoms with Gasteiger partial charge in [-0.25, -0.2) is 0 Å². The Morgan fingerprint density at radius 3 is 2.53 bits per heavy atom. The Bertz CT molecular complexity index is 1100. The van der Waals surface area contributed by atoms with Crippen molar-refractivity contribution in [3.05, 3.63) is 46.8 Å². The van der Waals surface area contributed by atoms with Crippen molar-refractivity contribution in [2.75, 3.05) is 27.9 Å². The third-order valence-corrected chi connectivity index (χ3v) is 6.45. The van der Waals surface area contributed by atoms with Crippen LogP contribution in [-0.4, -0.2) is 43.7 Å². The van der Waals surface area contributed by atoms with E-state index < -0.39 is 0 Å². The Labute approximate surface area is 184 Å². The van der Waals surface area contributed by atoms with Crippen molar-refractivity contribution < 1.29 is 19.0 Å². The number of carbonyl (C=O) groups excluding carboxylic acids is 1. The fraction of sp³-hybridized carbons (Fsp3) is 0.364. The topological polar surface area (TPSA) is 62.1 Å². The van der Waals surface area contributed by atoms with E-state index >= 15 is 0 Å². The number of rotatable bonds is 8. The molecule has 0 N–H and O–H groups in total. The highest BCUT2D eigenvalue weighted by Crippen LogP contribution is 2.35. The van der Waals surface area contributed by atoms with Crippen LogP contribution in [0, 0.1) is 0 Å². The van der Waals surface area contributed by atoms with Gasteiger partial charge in [-0.2, -0.15) is 4.99 Å². The zero-order valence-electron chi connectivity index (χ0n) is 17.8. The lowest BCUT2D eigenvalue weighted by atomic mass is 10.2. The number of methoxy groups -OCH3 is 3. The first-order valence-electron chi connectivity index (χ1n) is 9.57. The highest BCUT2D eigenvalue weighted by Gasteiger charge is 2.17. The zero-order valence-corrected chi connectivity index (χ0v) is 19.4. The van der Waals surface area contributed by atoms with Crippen LogP contribution in [0.1, 0.15) is 24.2 Å². The lowest BCUT2D eigenvalue weighted by Gasteiger charge is -2.10. The maximum absolute atomic E-state index is 13.0. The molecule has 0 atom stereocenters. The van der Waals surface area contributed by atoms with Crippen LogP contribution < -0.4 is 14.3 Å². The lowest BCUT2D eigenvalue weighted by molar-refractivity contribution is 0.0997. The minimum absolute atomic E-state index is 0.281. The first-order valence-corrected chi connectivity index (χ1v) is 11.3. The average Bonchev–Trinajstić information content (AvgIpc) is 3.09. The van der Waals surface area contributed by atoms with Crippen molar-refractivity contribution in [2.24, 2.45) is 4.99 Å². The van der Waals surface area contributed by atoms with Gasteiger partial charge in [-0.05, 0) is 30.3 Å². The number of carbonyl (C=O) groups is 1. The molecule has 0 bridgehead atoms. The molecule has 0 unspecified atom stereocenters. The molecule has 6 nitrogen and oxygen atoms in total. The fourth-order valence-electron chi connectivity index (χ4n) is 3.06. The Kier molecular flexibility index (Phi) is 7.58. The molecule has 160 valence electrons. The first-order chi connectivity index (χ1) is 14.5. The quantitative estimate of drug-likeness (QED) is 0.473. The van der Waals surface area contributed by atoms with Crippen molar-refractivity contribution in [3.8, 4) is 11.5 Å². The van der Waals surface area contributed by atoms with Gasteiger partial charge < -0.3 is 18.8 Å². The van der Waals surface area contributed by atoms with Gasteiger partial charge in [0.15, 0.2) is 4.80 Å². The second-order valence-corrected chi connectivity index (χ2v) is 9.42. The third kappa shape index (κ3) is 4.88. The Morgan fingerprint density at radius 2 is 1.87 bits per heavy atom. The molecule has 3 aromatic rings. The number of nitrogens with zero attached hydrogens (tertiary/aromatic N) is 2. The number of hydrogen-bond donors (Lipinski definition) is 0. The largest absolute Gasteiger partial charge is 0.495 e. The summed E-state index contributed by atoms with van der Waals surface area (Å²) >= 11 is 3.12. The molecule has 0 saturated carbocycles. The second-order valence-electron chi connectivity index (χ2n) is 6.79. The number of thiazole rings is 1. The van der Waals surface area contributed by atoms with Crippen LogP contribution in [0.15, 0.2) is 46.3 Å². The molecule has 0 aliphatic rings. The van der Waals surface area contributed by atoms with E-state index in [0.717, 1.165) is 15.1 Å². The highest BCUT2D eigenvalue weighted by molar-refractivity contribution is 7.99. The molecule has 1 aromatic heterocycles. The molecular weight excluding hydrogens is 420 g/mol. The van der Waals surface area contributed by atoms with E-state index in [0.29, 0.717) is 40.3 Å². The summed E-state index contributed by atoms with van der Waals surface area (Å²) in [6.07, 6.45) is 0. The molecule has 0 saturated heterocycles. The Balaban J connectivity index is 2.14. The maximum Gasteiger partial charge on any atom is 0.279 e.